The average Bonchev–Trinajstić information content (AvgIpc) is 2.35. The molecule has 3 heteroatoms. The third-order valence-corrected chi connectivity index (χ3v) is 3.75. The monoisotopic (exact) mass is 250 g/mol. The second-order valence-electron chi connectivity index (χ2n) is 5.51. The van der Waals surface area contributed by atoms with Gasteiger partial charge < -0.3 is 11.1 Å². The molecule has 2 nitrogen and oxygen atoms in total. The van der Waals surface area contributed by atoms with Crippen LogP contribution in [0.5, 0.6) is 0 Å². The van der Waals surface area contributed by atoms with Gasteiger partial charge in [-0.3, -0.25) is 0 Å². The first kappa shape index (κ1) is 13.5. The molecular formula is C15H23FN2. The summed E-state index contributed by atoms with van der Waals surface area (Å²) in [4.78, 5) is 0. The van der Waals surface area contributed by atoms with E-state index in [1.54, 1.807) is 0 Å². The number of halogens is 1. The molecule has 0 saturated heterocycles. The quantitative estimate of drug-likeness (QED) is 0.862. The fraction of sp³-hybridized carbons (Fsp3) is 0.600. The van der Waals surface area contributed by atoms with Gasteiger partial charge in [-0.1, -0.05) is 12.1 Å². The second-order valence-corrected chi connectivity index (χ2v) is 5.51. The van der Waals surface area contributed by atoms with Gasteiger partial charge in [0, 0.05) is 18.1 Å². The highest BCUT2D eigenvalue weighted by Crippen LogP contribution is 2.18. The zero-order chi connectivity index (χ0) is 13.0. The first-order valence-electron chi connectivity index (χ1n) is 6.89. The summed E-state index contributed by atoms with van der Waals surface area (Å²) in [5, 5.41) is 3.65. The normalized spacial score (nSPS) is 25.9. The predicted molar refractivity (Wildman–Crippen MR) is 72.9 cm³/mol. The molecule has 2 rings (SSSR count). The number of nitrogens with two attached hydrogens (primary N) is 1. The Kier molecular flexibility index (Phi) is 4.72. The molecule has 3 N–H and O–H groups in total. The van der Waals surface area contributed by atoms with Crippen LogP contribution in [0.2, 0.25) is 0 Å². The Labute approximate surface area is 109 Å². The van der Waals surface area contributed by atoms with Crippen molar-refractivity contribution in [3.8, 4) is 0 Å². The Hall–Kier alpha value is -0.930. The molecule has 1 atom stereocenters. The van der Waals surface area contributed by atoms with Crippen LogP contribution in [-0.4, -0.2) is 18.1 Å². The molecule has 0 aliphatic heterocycles. The van der Waals surface area contributed by atoms with Crippen LogP contribution in [0.4, 0.5) is 4.39 Å². The molecule has 1 aromatic carbocycles. The number of benzene rings is 1. The maximum absolute atomic E-state index is 12.8. The van der Waals surface area contributed by atoms with E-state index in [2.05, 4.69) is 12.2 Å². The molecule has 0 aromatic heterocycles. The minimum atomic E-state index is -0.166. The average molecular weight is 250 g/mol. The van der Waals surface area contributed by atoms with Gasteiger partial charge in [-0.2, -0.15) is 0 Å². The topological polar surface area (TPSA) is 38.0 Å². The second kappa shape index (κ2) is 6.30. The van der Waals surface area contributed by atoms with Crippen molar-refractivity contribution in [1.29, 1.82) is 0 Å². The molecule has 18 heavy (non-hydrogen) atoms. The van der Waals surface area contributed by atoms with Gasteiger partial charge in [-0.15, -0.1) is 0 Å². The summed E-state index contributed by atoms with van der Waals surface area (Å²) in [5.41, 5.74) is 7.09. The largest absolute Gasteiger partial charge is 0.328 e. The van der Waals surface area contributed by atoms with Crippen LogP contribution < -0.4 is 11.1 Å². The van der Waals surface area contributed by atoms with Gasteiger partial charge >= 0.3 is 0 Å². The molecule has 1 aliphatic rings. The van der Waals surface area contributed by atoms with Gasteiger partial charge in [-0.25, -0.2) is 4.39 Å². The van der Waals surface area contributed by atoms with Crippen LogP contribution in [0.15, 0.2) is 24.3 Å². The minimum absolute atomic E-state index is 0.166. The summed E-state index contributed by atoms with van der Waals surface area (Å²) in [6.07, 6.45) is 5.55. The molecule has 0 heterocycles. The summed E-state index contributed by atoms with van der Waals surface area (Å²) >= 11 is 0. The van der Waals surface area contributed by atoms with E-state index in [0.29, 0.717) is 18.1 Å². The molecule has 100 valence electrons. The third-order valence-electron chi connectivity index (χ3n) is 3.75. The van der Waals surface area contributed by atoms with Crippen LogP contribution >= 0.6 is 0 Å². The van der Waals surface area contributed by atoms with E-state index in [0.717, 1.165) is 19.3 Å². The van der Waals surface area contributed by atoms with Crippen LogP contribution in [0.25, 0.3) is 0 Å². The Morgan fingerprint density at radius 3 is 2.44 bits per heavy atom. The highest BCUT2D eigenvalue weighted by molar-refractivity contribution is 5.17. The highest BCUT2D eigenvalue weighted by atomic mass is 19.1. The van der Waals surface area contributed by atoms with Crippen molar-refractivity contribution < 1.29 is 4.39 Å². The molecule has 1 fully saturated rings. The van der Waals surface area contributed by atoms with Crippen molar-refractivity contribution in [2.24, 2.45) is 5.73 Å². The molecule has 0 amide bonds. The standard InChI is InChI=1S/C15H23FN2/c1-11(10-12-2-4-13(16)5-3-12)18-15-8-6-14(17)7-9-15/h2-5,11,14-15,18H,6-10,17H2,1H3. The van der Waals surface area contributed by atoms with E-state index >= 15 is 0 Å². The van der Waals surface area contributed by atoms with E-state index in [4.69, 9.17) is 5.73 Å². The lowest BCUT2D eigenvalue weighted by Gasteiger charge is -2.29. The molecule has 0 bridgehead atoms. The molecule has 1 aliphatic carbocycles. The van der Waals surface area contributed by atoms with Gasteiger partial charge in [0.05, 0.1) is 0 Å². The lowest BCUT2D eigenvalue weighted by Crippen LogP contribution is -2.42. The van der Waals surface area contributed by atoms with Crippen molar-refractivity contribution in [3.63, 3.8) is 0 Å². The van der Waals surface area contributed by atoms with Crippen molar-refractivity contribution >= 4 is 0 Å². The highest BCUT2D eigenvalue weighted by Gasteiger charge is 2.19. The van der Waals surface area contributed by atoms with Crippen molar-refractivity contribution in [3.05, 3.63) is 35.6 Å². The third kappa shape index (κ3) is 4.07. The molecule has 0 radical (unpaired) electrons. The van der Waals surface area contributed by atoms with E-state index in [-0.39, 0.29) is 5.82 Å². The summed E-state index contributed by atoms with van der Waals surface area (Å²) in [6.45, 7) is 2.19. The van der Waals surface area contributed by atoms with Gasteiger partial charge in [0.2, 0.25) is 0 Å². The zero-order valence-corrected chi connectivity index (χ0v) is 11.0. The summed E-state index contributed by atoms with van der Waals surface area (Å²) < 4.78 is 12.8. The number of hydrogen-bond donors (Lipinski definition) is 2. The first-order chi connectivity index (χ1) is 8.63. The summed E-state index contributed by atoms with van der Waals surface area (Å²) in [6, 6.07) is 8.21. The van der Waals surface area contributed by atoms with Crippen molar-refractivity contribution in [2.45, 2.75) is 57.2 Å². The Morgan fingerprint density at radius 2 is 1.83 bits per heavy atom. The Morgan fingerprint density at radius 1 is 1.22 bits per heavy atom. The fourth-order valence-corrected chi connectivity index (χ4v) is 2.72. The molecule has 0 spiro atoms. The number of hydrogen-bond acceptors (Lipinski definition) is 2. The van der Waals surface area contributed by atoms with Gasteiger partial charge in [-0.05, 0) is 56.7 Å². The van der Waals surface area contributed by atoms with Crippen LogP contribution in [0.3, 0.4) is 0 Å². The van der Waals surface area contributed by atoms with Gasteiger partial charge in [0.25, 0.3) is 0 Å². The maximum Gasteiger partial charge on any atom is 0.123 e. The summed E-state index contributed by atoms with van der Waals surface area (Å²) in [7, 11) is 0. The smallest absolute Gasteiger partial charge is 0.123 e. The molecular weight excluding hydrogens is 227 g/mol. The van der Waals surface area contributed by atoms with E-state index in [9.17, 15) is 4.39 Å². The Bertz CT molecular complexity index is 355. The predicted octanol–water partition coefficient (Wildman–Crippen LogP) is 2.62. The van der Waals surface area contributed by atoms with E-state index in [1.807, 2.05) is 12.1 Å². The van der Waals surface area contributed by atoms with E-state index in [1.165, 1.54) is 30.5 Å². The van der Waals surface area contributed by atoms with E-state index < -0.39 is 0 Å². The van der Waals surface area contributed by atoms with Crippen LogP contribution in [0, 0.1) is 5.82 Å². The molecule has 1 aromatic rings. The van der Waals surface area contributed by atoms with Crippen LogP contribution in [0.1, 0.15) is 38.2 Å². The minimum Gasteiger partial charge on any atom is -0.328 e. The SMILES string of the molecule is CC(Cc1ccc(F)cc1)NC1CCC(N)CC1. The number of rotatable bonds is 4. The number of nitrogens with one attached hydrogen (secondary N) is 1. The maximum atomic E-state index is 12.8. The van der Waals surface area contributed by atoms with Crippen molar-refractivity contribution in [2.75, 3.05) is 0 Å². The lowest BCUT2D eigenvalue weighted by molar-refractivity contribution is 0.319. The lowest BCUT2D eigenvalue weighted by atomic mass is 9.91. The van der Waals surface area contributed by atoms with Gasteiger partial charge in [0.1, 0.15) is 5.82 Å². The van der Waals surface area contributed by atoms with Crippen LogP contribution in [-0.2, 0) is 6.42 Å². The summed E-state index contributed by atoms with van der Waals surface area (Å²) in [5.74, 6) is -0.166. The van der Waals surface area contributed by atoms with Gasteiger partial charge in [0.15, 0.2) is 0 Å². The molecule has 1 unspecified atom stereocenters. The first-order valence-corrected chi connectivity index (χ1v) is 6.89. The zero-order valence-electron chi connectivity index (χ0n) is 11.0. The Balaban J connectivity index is 1.78. The fourth-order valence-electron chi connectivity index (χ4n) is 2.72. The van der Waals surface area contributed by atoms with Crippen molar-refractivity contribution in [1.82, 2.24) is 5.32 Å². The molecule has 1 saturated carbocycles.